The Hall–Kier alpha value is -5.09. The molecule has 2 aliphatic heterocycles. The van der Waals surface area contributed by atoms with Crippen LogP contribution in [0.15, 0.2) is 4.99 Å². The number of aliphatic imine (C=N–C) groups is 1. The molecule has 2 heterocycles. The Labute approximate surface area is 324 Å². The molecular weight excluding hydrogens is 738 g/mol. The molecule has 15 N–H and O–H groups in total. The quantitative estimate of drug-likeness (QED) is 0.0278. The number of carbonyl (C=O) groups excluding carboxylic acids is 7. The number of hydrogen-bond acceptors (Lipinski definition) is 12. The second-order valence-corrected chi connectivity index (χ2v) is 14.5. The summed E-state index contributed by atoms with van der Waals surface area (Å²) in [6.07, 6.45) is -0.251. The van der Waals surface area contributed by atoms with E-state index in [1.807, 2.05) is 13.8 Å². The van der Waals surface area contributed by atoms with Crippen LogP contribution in [0.4, 0.5) is 0 Å². The second kappa shape index (κ2) is 22.5. The van der Waals surface area contributed by atoms with Crippen molar-refractivity contribution in [1.29, 1.82) is 0 Å². The maximum absolute atomic E-state index is 14.0. The molecule has 2 saturated heterocycles. The molecule has 316 valence electrons. The van der Waals surface area contributed by atoms with Gasteiger partial charge in [-0.3, -0.25) is 38.6 Å². The first-order valence-corrected chi connectivity index (χ1v) is 18.7. The highest BCUT2D eigenvalue weighted by Gasteiger charge is 2.44. The number of guanidine groups is 1. The maximum atomic E-state index is 14.0. The van der Waals surface area contributed by atoms with Gasteiger partial charge in [0.05, 0.1) is 12.7 Å². The number of aliphatic hydroxyl groups excluding tert-OH is 2. The minimum absolute atomic E-state index is 0.0268. The average Bonchev–Trinajstić information content (AvgIpc) is 3.82. The van der Waals surface area contributed by atoms with Gasteiger partial charge in [0.2, 0.25) is 41.4 Å². The summed E-state index contributed by atoms with van der Waals surface area (Å²) in [5.41, 5.74) is 21.7. The zero-order valence-electron chi connectivity index (χ0n) is 32.1. The Morgan fingerprint density at radius 3 is 1.89 bits per heavy atom. The highest BCUT2D eigenvalue weighted by molar-refractivity contribution is 5.97. The molecule has 0 bridgehead atoms. The minimum Gasteiger partial charge on any atom is -0.480 e. The maximum Gasteiger partial charge on any atom is 0.326 e. The van der Waals surface area contributed by atoms with E-state index >= 15 is 0 Å². The zero-order valence-corrected chi connectivity index (χ0v) is 32.1. The predicted molar refractivity (Wildman–Crippen MR) is 199 cm³/mol. The van der Waals surface area contributed by atoms with Crippen molar-refractivity contribution in [3.63, 3.8) is 0 Å². The predicted octanol–water partition coefficient (Wildman–Crippen LogP) is -4.94. The number of likely N-dealkylation sites (tertiary alicyclic amines) is 2. The molecule has 2 fully saturated rings. The fourth-order valence-corrected chi connectivity index (χ4v) is 6.48. The van der Waals surface area contributed by atoms with E-state index < -0.39 is 102 Å². The number of aliphatic carboxylic acids is 1. The van der Waals surface area contributed by atoms with Crippen molar-refractivity contribution in [3.8, 4) is 0 Å². The highest BCUT2D eigenvalue weighted by atomic mass is 16.4. The SMILES string of the molecule is CC(C)C[C@H](NC(=O)[C@@H]1CCCN1C(=O)[C@@H]1CCCN1C(=O)[C@H](CCC(N)=O)NC(=O)[C@H](CO)NC(=O)[C@H](CCCN=C(N)N)NC(=O)[C@@H](N)[C@@H](C)O)C(=O)O. The van der Waals surface area contributed by atoms with E-state index in [1.165, 1.54) is 16.7 Å². The third kappa shape index (κ3) is 14.2. The van der Waals surface area contributed by atoms with Crippen LogP contribution in [-0.4, -0.2) is 153 Å². The van der Waals surface area contributed by atoms with E-state index in [4.69, 9.17) is 22.9 Å². The number of hydrogen-bond donors (Lipinski definition) is 11. The first-order chi connectivity index (χ1) is 26.3. The van der Waals surface area contributed by atoms with Gasteiger partial charge in [-0.15, -0.1) is 0 Å². The number of amides is 7. The van der Waals surface area contributed by atoms with Gasteiger partial charge in [-0.25, -0.2) is 4.79 Å². The van der Waals surface area contributed by atoms with Gasteiger partial charge < -0.3 is 69.3 Å². The lowest BCUT2D eigenvalue weighted by Gasteiger charge is -2.33. The third-order valence-corrected chi connectivity index (χ3v) is 9.49. The molecule has 0 aliphatic carbocycles. The Kier molecular flexibility index (Phi) is 18.9. The Balaban J connectivity index is 2.25. The molecule has 0 radical (unpaired) electrons. The number of nitrogens with zero attached hydrogens (tertiary/aromatic N) is 3. The van der Waals surface area contributed by atoms with Gasteiger partial charge in [-0.1, -0.05) is 13.8 Å². The van der Waals surface area contributed by atoms with Crippen molar-refractivity contribution in [2.24, 2.45) is 33.8 Å². The molecule has 22 nitrogen and oxygen atoms in total. The molecule has 8 atom stereocenters. The van der Waals surface area contributed by atoms with Crippen LogP contribution in [0.3, 0.4) is 0 Å². The molecule has 2 rings (SSSR count). The van der Waals surface area contributed by atoms with Crippen LogP contribution in [0.25, 0.3) is 0 Å². The number of nitrogens with one attached hydrogen (secondary N) is 4. The number of primary amides is 1. The number of nitrogens with two attached hydrogens (primary N) is 4. The highest BCUT2D eigenvalue weighted by Crippen LogP contribution is 2.26. The fourth-order valence-electron chi connectivity index (χ4n) is 6.48. The van der Waals surface area contributed by atoms with Crippen LogP contribution in [0.2, 0.25) is 0 Å². The Bertz CT molecular complexity index is 1460. The molecule has 56 heavy (non-hydrogen) atoms. The van der Waals surface area contributed by atoms with Gasteiger partial charge in [0.1, 0.15) is 42.3 Å². The summed E-state index contributed by atoms with van der Waals surface area (Å²) >= 11 is 0. The van der Waals surface area contributed by atoms with Crippen molar-refractivity contribution in [1.82, 2.24) is 31.1 Å². The summed E-state index contributed by atoms with van der Waals surface area (Å²) in [5, 5.41) is 39.2. The Morgan fingerprint density at radius 2 is 1.34 bits per heavy atom. The lowest BCUT2D eigenvalue weighted by atomic mass is 10.0. The summed E-state index contributed by atoms with van der Waals surface area (Å²) in [7, 11) is 0. The number of carbonyl (C=O) groups is 8. The fraction of sp³-hybridized carbons (Fsp3) is 0.735. The summed E-state index contributed by atoms with van der Waals surface area (Å²) in [6.45, 7) is 4.30. The van der Waals surface area contributed by atoms with E-state index in [2.05, 4.69) is 26.3 Å². The monoisotopic (exact) mass is 797 g/mol. The molecule has 7 amide bonds. The van der Waals surface area contributed by atoms with Crippen molar-refractivity contribution in [3.05, 3.63) is 0 Å². The van der Waals surface area contributed by atoms with Gasteiger partial charge in [-0.05, 0) is 64.2 Å². The van der Waals surface area contributed by atoms with Crippen LogP contribution < -0.4 is 44.2 Å². The zero-order chi connectivity index (χ0) is 42.3. The number of carboxylic acid groups (broad SMARTS) is 1. The summed E-state index contributed by atoms with van der Waals surface area (Å²) in [5.74, 6) is -6.98. The topological polar surface area (TPSA) is 368 Å². The summed E-state index contributed by atoms with van der Waals surface area (Å²) < 4.78 is 0. The summed E-state index contributed by atoms with van der Waals surface area (Å²) in [4.78, 5) is 111. The average molecular weight is 798 g/mol. The van der Waals surface area contributed by atoms with Crippen molar-refractivity contribution < 1.29 is 53.7 Å². The van der Waals surface area contributed by atoms with Crippen LogP contribution in [0, 0.1) is 5.92 Å². The molecular formula is C34H59N11O11. The van der Waals surface area contributed by atoms with E-state index in [0.717, 1.165) is 0 Å². The lowest BCUT2D eigenvalue weighted by molar-refractivity contribution is -0.149. The Morgan fingerprint density at radius 1 is 0.768 bits per heavy atom. The molecule has 0 aromatic rings. The molecule has 0 unspecified atom stereocenters. The van der Waals surface area contributed by atoms with Crippen molar-refractivity contribution in [2.75, 3.05) is 26.2 Å². The number of carboxylic acids is 1. The minimum atomic E-state index is -1.67. The van der Waals surface area contributed by atoms with Crippen LogP contribution in [0.5, 0.6) is 0 Å². The molecule has 22 heteroatoms. The van der Waals surface area contributed by atoms with Gasteiger partial charge in [0.25, 0.3) is 0 Å². The smallest absolute Gasteiger partial charge is 0.326 e. The van der Waals surface area contributed by atoms with Crippen molar-refractivity contribution >= 4 is 53.3 Å². The summed E-state index contributed by atoms with van der Waals surface area (Å²) in [6, 6.07) is -8.99. The number of rotatable bonds is 22. The standard InChI is InChI=1S/C34H59N11O11/c1-17(2)15-21(33(55)56)42-29(51)23-8-5-13-44(23)32(54)24-9-6-14-45(24)31(53)20(10-11-25(35)48)41-28(50)22(16-46)43-27(49)19(7-4-12-39-34(37)38)40-30(52)26(36)18(3)47/h17-24,26,46-47H,4-16,36H2,1-3H3,(H2,35,48)(H,40,52)(H,41,50)(H,42,51)(H,43,49)(H,55,56)(H4,37,38,39)/t18-,19+,20+,21+,22+,23+,24+,26+/m1/s1. The molecule has 0 saturated carbocycles. The molecule has 2 aliphatic rings. The van der Waals surface area contributed by atoms with Crippen LogP contribution in [-0.2, 0) is 38.4 Å². The van der Waals surface area contributed by atoms with Gasteiger partial charge in [-0.2, -0.15) is 0 Å². The van der Waals surface area contributed by atoms with Crippen LogP contribution >= 0.6 is 0 Å². The first-order valence-electron chi connectivity index (χ1n) is 18.7. The van der Waals surface area contributed by atoms with E-state index in [0.29, 0.717) is 12.8 Å². The largest absolute Gasteiger partial charge is 0.480 e. The van der Waals surface area contributed by atoms with Crippen molar-refractivity contribution in [2.45, 2.75) is 127 Å². The molecule has 0 aromatic heterocycles. The normalized spacial score (nSPS) is 19.8. The van der Waals surface area contributed by atoms with E-state index in [9.17, 15) is 53.7 Å². The van der Waals surface area contributed by atoms with E-state index in [1.54, 1.807) is 0 Å². The second-order valence-electron chi connectivity index (χ2n) is 14.5. The lowest BCUT2D eigenvalue weighted by Crippen LogP contribution is -2.60. The third-order valence-electron chi connectivity index (χ3n) is 9.49. The first kappa shape index (κ1) is 47.1. The number of aliphatic hydroxyl groups is 2. The van der Waals surface area contributed by atoms with Gasteiger partial charge in [0.15, 0.2) is 5.96 Å². The van der Waals surface area contributed by atoms with Gasteiger partial charge in [0, 0.05) is 26.1 Å². The van der Waals surface area contributed by atoms with Gasteiger partial charge >= 0.3 is 5.97 Å². The molecule has 0 spiro atoms. The molecule has 0 aromatic carbocycles. The van der Waals surface area contributed by atoms with Crippen LogP contribution in [0.1, 0.15) is 78.6 Å². The van der Waals surface area contributed by atoms with E-state index in [-0.39, 0.29) is 76.5 Å².